The summed E-state index contributed by atoms with van der Waals surface area (Å²) in [5.74, 6) is 0.0278. The number of nitrogens with zero attached hydrogens (tertiary/aromatic N) is 2. The molecule has 15 heavy (non-hydrogen) atoms. The fraction of sp³-hybridized carbons (Fsp3) is 0.455. The molecule has 0 bridgehead atoms. The molecule has 0 aromatic carbocycles. The van der Waals surface area contributed by atoms with Crippen LogP contribution < -0.4 is 0 Å². The van der Waals surface area contributed by atoms with Crippen LogP contribution in [0.2, 0.25) is 0 Å². The molecular weight excluding hydrogens is 192 g/mol. The molecule has 0 aliphatic rings. The number of hydrogen-bond donors (Lipinski definition) is 0. The number of carbonyl (C=O) groups is 1. The Morgan fingerprint density at radius 1 is 1.33 bits per heavy atom. The second-order valence-corrected chi connectivity index (χ2v) is 2.85. The Labute approximate surface area is 90.8 Å². The Morgan fingerprint density at radius 3 is 2.20 bits per heavy atom. The summed E-state index contributed by atoms with van der Waals surface area (Å²) in [4.78, 5) is 19.2. The summed E-state index contributed by atoms with van der Waals surface area (Å²) in [6.45, 7) is 1.96. The lowest BCUT2D eigenvalue weighted by Gasteiger charge is -2.11. The molecule has 0 atom stereocenters. The fourth-order valence-electron chi connectivity index (χ4n) is 0.786. The van der Waals surface area contributed by atoms with Crippen molar-refractivity contribution in [1.29, 1.82) is 0 Å². The van der Waals surface area contributed by atoms with Gasteiger partial charge in [-0.25, -0.2) is 5.06 Å². The first kappa shape index (κ1) is 13.6. The summed E-state index contributed by atoms with van der Waals surface area (Å²) in [6, 6.07) is 5.72. The second-order valence-electron chi connectivity index (χ2n) is 2.85. The predicted octanol–water partition coefficient (Wildman–Crippen LogP) is 1.89. The van der Waals surface area contributed by atoms with E-state index < -0.39 is 0 Å². The standard InChI is InChI=1S/C6H13NO2.C5H5N/c1-4-5-6(8)7(2)9-3;1-2-4-6-5-3-1/h4-5H2,1-3H3;1-5H. The molecule has 0 unspecified atom stereocenters. The number of rotatable bonds is 3. The van der Waals surface area contributed by atoms with Gasteiger partial charge in [0.25, 0.3) is 0 Å². The SMILES string of the molecule is CCCC(=O)N(C)OC.c1ccncc1. The zero-order valence-electron chi connectivity index (χ0n) is 9.51. The minimum absolute atomic E-state index is 0.0278. The van der Waals surface area contributed by atoms with Crippen molar-refractivity contribution >= 4 is 5.91 Å². The minimum Gasteiger partial charge on any atom is -0.275 e. The van der Waals surface area contributed by atoms with Gasteiger partial charge in [-0.1, -0.05) is 13.0 Å². The summed E-state index contributed by atoms with van der Waals surface area (Å²) < 4.78 is 0. The fourth-order valence-corrected chi connectivity index (χ4v) is 0.786. The largest absolute Gasteiger partial charge is 0.275 e. The number of amides is 1. The normalized spacial score (nSPS) is 8.73. The Balaban J connectivity index is 0.000000280. The lowest BCUT2D eigenvalue weighted by Crippen LogP contribution is -2.24. The van der Waals surface area contributed by atoms with Crippen LogP contribution in [0.3, 0.4) is 0 Å². The van der Waals surface area contributed by atoms with E-state index in [9.17, 15) is 4.79 Å². The van der Waals surface area contributed by atoms with E-state index in [0.29, 0.717) is 6.42 Å². The Kier molecular flexibility index (Phi) is 8.28. The quantitative estimate of drug-likeness (QED) is 0.715. The van der Waals surface area contributed by atoms with Crippen LogP contribution in [0.4, 0.5) is 0 Å². The van der Waals surface area contributed by atoms with Crippen LogP contribution in [0.25, 0.3) is 0 Å². The van der Waals surface area contributed by atoms with Crippen molar-refractivity contribution in [3.05, 3.63) is 30.6 Å². The summed E-state index contributed by atoms with van der Waals surface area (Å²) in [7, 11) is 3.09. The van der Waals surface area contributed by atoms with Crippen LogP contribution >= 0.6 is 0 Å². The highest BCUT2D eigenvalue weighted by Gasteiger charge is 2.03. The molecule has 0 aliphatic heterocycles. The Morgan fingerprint density at radius 2 is 1.93 bits per heavy atom. The van der Waals surface area contributed by atoms with E-state index in [1.807, 2.05) is 25.1 Å². The molecule has 4 nitrogen and oxygen atoms in total. The molecule has 1 heterocycles. The van der Waals surface area contributed by atoms with Gasteiger partial charge in [0.15, 0.2) is 0 Å². The van der Waals surface area contributed by atoms with E-state index >= 15 is 0 Å². The second kappa shape index (κ2) is 9.15. The van der Waals surface area contributed by atoms with E-state index in [4.69, 9.17) is 0 Å². The van der Waals surface area contributed by atoms with Gasteiger partial charge in [0.05, 0.1) is 7.11 Å². The van der Waals surface area contributed by atoms with Gasteiger partial charge in [-0.3, -0.25) is 14.6 Å². The van der Waals surface area contributed by atoms with E-state index in [2.05, 4.69) is 9.82 Å². The molecule has 0 fully saturated rings. The number of hydrogen-bond acceptors (Lipinski definition) is 3. The van der Waals surface area contributed by atoms with Crippen LogP contribution in [0, 0.1) is 0 Å². The van der Waals surface area contributed by atoms with E-state index in [1.54, 1.807) is 19.4 Å². The van der Waals surface area contributed by atoms with Gasteiger partial charge in [-0.05, 0) is 18.6 Å². The third-order valence-corrected chi connectivity index (χ3v) is 1.66. The molecule has 0 saturated carbocycles. The van der Waals surface area contributed by atoms with Crippen molar-refractivity contribution in [3.8, 4) is 0 Å². The average Bonchev–Trinajstić information content (AvgIpc) is 2.31. The molecule has 0 N–H and O–H groups in total. The maximum absolute atomic E-state index is 10.8. The van der Waals surface area contributed by atoms with Crippen molar-refractivity contribution in [2.45, 2.75) is 19.8 Å². The van der Waals surface area contributed by atoms with Crippen molar-refractivity contribution in [2.24, 2.45) is 0 Å². The van der Waals surface area contributed by atoms with Crippen molar-refractivity contribution in [3.63, 3.8) is 0 Å². The predicted molar refractivity (Wildman–Crippen MR) is 58.9 cm³/mol. The number of carbonyl (C=O) groups excluding carboxylic acids is 1. The molecule has 0 aliphatic carbocycles. The maximum atomic E-state index is 10.8. The van der Waals surface area contributed by atoms with E-state index in [-0.39, 0.29) is 5.91 Å². The summed E-state index contributed by atoms with van der Waals surface area (Å²) >= 11 is 0. The molecule has 4 heteroatoms. The molecule has 1 amide bonds. The van der Waals surface area contributed by atoms with Crippen molar-refractivity contribution in [1.82, 2.24) is 10.0 Å². The zero-order chi connectivity index (χ0) is 11.5. The van der Waals surface area contributed by atoms with Gasteiger partial charge in [0.2, 0.25) is 5.91 Å². The molecule has 0 spiro atoms. The highest BCUT2D eigenvalue weighted by atomic mass is 16.7. The van der Waals surface area contributed by atoms with Gasteiger partial charge in [-0.15, -0.1) is 0 Å². The molecule has 1 rings (SSSR count). The Bertz CT molecular complexity index is 225. The van der Waals surface area contributed by atoms with E-state index in [1.165, 1.54) is 12.2 Å². The van der Waals surface area contributed by atoms with Crippen LogP contribution in [0.1, 0.15) is 19.8 Å². The van der Waals surface area contributed by atoms with Gasteiger partial charge in [0, 0.05) is 25.9 Å². The topological polar surface area (TPSA) is 42.4 Å². The number of aromatic nitrogens is 1. The smallest absolute Gasteiger partial charge is 0.245 e. The number of hydroxylamine groups is 2. The lowest BCUT2D eigenvalue weighted by atomic mass is 10.3. The van der Waals surface area contributed by atoms with Crippen LogP contribution in [-0.2, 0) is 9.63 Å². The molecular formula is C11H18N2O2. The number of pyridine rings is 1. The molecule has 0 radical (unpaired) electrons. The summed E-state index contributed by atoms with van der Waals surface area (Å²) in [5.41, 5.74) is 0. The van der Waals surface area contributed by atoms with Crippen LogP contribution in [0.5, 0.6) is 0 Å². The highest BCUT2D eigenvalue weighted by molar-refractivity contribution is 5.74. The van der Waals surface area contributed by atoms with Crippen molar-refractivity contribution < 1.29 is 9.63 Å². The average molecular weight is 210 g/mol. The van der Waals surface area contributed by atoms with Crippen molar-refractivity contribution in [2.75, 3.05) is 14.2 Å². The molecule has 1 aromatic rings. The third kappa shape index (κ3) is 7.64. The monoisotopic (exact) mass is 210 g/mol. The van der Waals surface area contributed by atoms with Gasteiger partial charge >= 0.3 is 0 Å². The molecule has 84 valence electrons. The zero-order valence-corrected chi connectivity index (χ0v) is 9.51. The maximum Gasteiger partial charge on any atom is 0.245 e. The summed E-state index contributed by atoms with van der Waals surface area (Å²) in [5, 5.41) is 1.24. The van der Waals surface area contributed by atoms with Gasteiger partial charge < -0.3 is 0 Å². The first-order valence-electron chi connectivity index (χ1n) is 4.88. The molecule has 1 aromatic heterocycles. The first-order chi connectivity index (χ1) is 7.22. The summed E-state index contributed by atoms with van der Waals surface area (Å²) in [6.07, 6.45) is 4.93. The van der Waals surface area contributed by atoms with Gasteiger partial charge in [0.1, 0.15) is 0 Å². The van der Waals surface area contributed by atoms with Crippen LogP contribution in [0.15, 0.2) is 30.6 Å². The highest BCUT2D eigenvalue weighted by Crippen LogP contribution is 1.92. The molecule has 0 saturated heterocycles. The first-order valence-corrected chi connectivity index (χ1v) is 4.88. The van der Waals surface area contributed by atoms with Gasteiger partial charge in [-0.2, -0.15) is 0 Å². The third-order valence-electron chi connectivity index (χ3n) is 1.66. The van der Waals surface area contributed by atoms with E-state index in [0.717, 1.165) is 6.42 Å². The van der Waals surface area contributed by atoms with Crippen LogP contribution in [-0.4, -0.2) is 30.1 Å². The minimum atomic E-state index is 0.0278. The Hall–Kier alpha value is -1.42. The lowest BCUT2D eigenvalue weighted by molar-refractivity contribution is -0.168.